The van der Waals surface area contributed by atoms with Crippen molar-refractivity contribution in [2.24, 2.45) is 17.3 Å². The van der Waals surface area contributed by atoms with Crippen LogP contribution in [0.4, 0.5) is 4.79 Å². The molecule has 11 heteroatoms. The van der Waals surface area contributed by atoms with E-state index in [9.17, 15) is 23.1 Å². The molecule has 3 heterocycles. The highest BCUT2D eigenvalue weighted by Crippen LogP contribution is 2.50. The number of carboxylic acid groups (broad SMARTS) is 1. The van der Waals surface area contributed by atoms with Crippen LogP contribution in [0.5, 0.6) is 0 Å². The fourth-order valence-corrected chi connectivity index (χ4v) is 8.91. The lowest BCUT2D eigenvalue weighted by Crippen LogP contribution is -2.46. The summed E-state index contributed by atoms with van der Waals surface area (Å²) in [4.78, 5) is 26.7. The van der Waals surface area contributed by atoms with E-state index in [-0.39, 0.29) is 36.7 Å². The lowest BCUT2D eigenvalue weighted by molar-refractivity contribution is -0.147. The van der Waals surface area contributed by atoms with Gasteiger partial charge in [0.15, 0.2) is 0 Å². The number of likely N-dealkylation sites (tertiary alicyclic amines) is 1. The monoisotopic (exact) mass is 545 g/mol. The molecular weight excluding hydrogens is 510 g/mol. The quantitative estimate of drug-likeness (QED) is 0.576. The number of nitriles is 1. The van der Waals surface area contributed by atoms with Gasteiger partial charge in [-0.25, -0.2) is 17.5 Å². The maximum atomic E-state index is 13.5. The Balaban J connectivity index is 1.19. The first kappa shape index (κ1) is 26.9. The molecule has 206 valence electrons. The van der Waals surface area contributed by atoms with Gasteiger partial charge in [-0.3, -0.25) is 4.79 Å². The van der Waals surface area contributed by atoms with Crippen molar-refractivity contribution in [3.8, 4) is 6.07 Å². The first-order valence-corrected chi connectivity index (χ1v) is 15.0. The van der Waals surface area contributed by atoms with Crippen molar-refractivity contribution in [1.82, 2.24) is 9.21 Å². The second-order valence-electron chi connectivity index (χ2n) is 11.4. The summed E-state index contributed by atoms with van der Waals surface area (Å²) < 4.78 is 39.1. The summed E-state index contributed by atoms with van der Waals surface area (Å²) in [7, 11) is -3.78. The third-order valence-electron chi connectivity index (χ3n) is 8.89. The second-order valence-corrected chi connectivity index (χ2v) is 13.4. The molecule has 1 aromatic carbocycles. The number of amides is 1. The van der Waals surface area contributed by atoms with Crippen LogP contribution in [0.3, 0.4) is 0 Å². The molecule has 5 rings (SSSR count). The van der Waals surface area contributed by atoms with Crippen LogP contribution in [0.15, 0.2) is 18.2 Å². The van der Waals surface area contributed by atoms with E-state index in [1.807, 2.05) is 19.1 Å². The Kier molecular flexibility index (Phi) is 7.42. The fourth-order valence-electron chi connectivity index (χ4n) is 6.90. The van der Waals surface area contributed by atoms with Gasteiger partial charge in [-0.2, -0.15) is 5.26 Å². The number of piperidine rings is 1. The number of nitrogens with zero attached hydrogens (tertiary/aromatic N) is 3. The normalized spacial score (nSPS) is 27.7. The highest BCUT2D eigenvalue weighted by Gasteiger charge is 2.56. The Bertz CT molecular complexity index is 1220. The Hall–Kier alpha value is -2.68. The minimum absolute atomic E-state index is 0.0567. The van der Waals surface area contributed by atoms with Crippen LogP contribution in [0.25, 0.3) is 0 Å². The van der Waals surface area contributed by atoms with Crippen molar-refractivity contribution in [2.45, 2.75) is 51.0 Å². The molecule has 1 aliphatic carbocycles. The summed E-state index contributed by atoms with van der Waals surface area (Å²) in [5, 5.41) is 19.3. The van der Waals surface area contributed by atoms with Gasteiger partial charge < -0.3 is 19.5 Å². The van der Waals surface area contributed by atoms with Crippen LogP contribution in [0.2, 0.25) is 0 Å². The summed E-state index contributed by atoms with van der Waals surface area (Å²) in [6, 6.07) is 7.75. The molecule has 10 nitrogen and oxygen atoms in total. The average Bonchev–Trinajstić information content (AvgIpc) is 3.60. The first-order valence-electron chi connectivity index (χ1n) is 13.4. The second kappa shape index (κ2) is 10.5. The number of fused-ring (bicyclic) bond motifs is 1. The summed E-state index contributed by atoms with van der Waals surface area (Å²) >= 11 is 0. The first-order chi connectivity index (χ1) is 18.1. The molecular formula is C27H35N3O7S. The number of carbonyl (C=O) groups excluding carboxylic acids is 1. The molecule has 0 aromatic heterocycles. The standard InChI is InChI=1S/C27H35N3O7S/c1-18-10-19(13-28)2-3-24(18)20-4-7-30(8-5-20)38(34,35)17-27(25(31)32)11-21-14-29(15-22(21)12-27)26(33)37-23-6-9-36-16-23/h2-3,10,20-23H,4-9,11-12,14-17H2,1H3,(H,31,32)/t21-,22-,23-/m0/s1. The molecule has 38 heavy (non-hydrogen) atoms. The predicted molar refractivity (Wildman–Crippen MR) is 137 cm³/mol. The Labute approximate surface area is 223 Å². The Morgan fingerprint density at radius 2 is 1.87 bits per heavy atom. The van der Waals surface area contributed by atoms with Crippen molar-refractivity contribution >= 4 is 22.1 Å². The number of ether oxygens (including phenoxy) is 2. The molecule has 4 fully saturated rings. The van der Waals surface area contributed by atoms with Crippen LogP contribution in [-0.2, 0) is 24.3 Å². The van der Waals surface area contributed by atoms with Gasteiger partial charge >= 0.3 is 12.1 Å². The van der Waals surface area contributed by atoms with Gasteiger partial charge in [0.1, 0.15) is 6.10 Å². The van der Waals surface area contributed by atoms with Crippen LogP contribution >= 0.6 is 0 Å². The van der Waals surface area contributed by atoms with E-state index in [1.165, 1.54) is 4.31 Å². The summed E-state index contributed by atoms with van der Waals surface area (Å²) in [5.74, 6) is -1.39. The van der Waals surface area contributed by atoms with Crippen molar-refractivity contribution < 1.29 is 32.6 Å². The maximum absolute atomic E-state index is 13.5. The number of sulfonamides is 1. The number of hydrogen-bond donors (Lipinski definition) is 1. The van der Waals surface area contributed by atoms with Crippen molar-refractivity contribution in [1.29, 1.82) is 5.26 Å². The molecule has 1 N–H and O–H groups in total. The molecule has 4 aliphatic rings. The molecule has 0 unspecified atom stereocenters. The molecule has 3 aliphatic heterocycles. The number of rotatable bonds is 6. The number of carbonyl (C=O) groups is 2. The van der Waals surface area contributed by atoms with Gasteiger partial charge in [0.25, 0.3) is 0 Å². The smallest absolute Gasteiger partial charge is 0.410 e. The van der Waals surface area contributed by atoms with E-state index in [0.29, 0.717) is 64.2 Å². The number of hydrogen-bond acceptors (Lipinski definition) is 7. The van der Waals surface area contributed by atoms with Crippen LogP contribution in [0, 0.1) is 35.5 Å². The average molecular weight is 546 g/mol. The van der Waals surface area contributed by atoms with Gasteiger partial charge in [-0.05, 0) is 73.6 Å². The van der Waals surface area contributed by atoms with E-state index in [0.717, 1.165) is 11.1 Å². The van der Waals surface area contributed by atoms with Gasteiger partial charge in [-0.15, -0.1) is 0 Å². The largest absolute Gasteiger partial charge is 0.481 e. The number of carboxylic acids is 1. The number of aliphatic carboxylic acids is 1. The molecule has 1 amide bonds. The Morgan fingerprint density at radius 3 is 2.42 bits per heavy atom. The van der Waals surface area contributed by atoms with Gasteiger partial charge in [0.05, 0.1) is 36.0 Å². The third kappa shape index (κ3) is 5.26. The van der Waals surface area contributed by atoms with Crippen LogP contribution in [0.1, 0.15) is 54.7 Å². The van der Waals surface area contributed by atoms with Crippen LogP contribution in [-0.4, -0.2) is 86.0 Å². The van der Waals surface area contributed by atoms with E-state index < -0.39 is 33.3 Å². The Morgan fingerprint density at radius 1 is 1.18 bits per heavy atom. The topological polar surface area (TPSA) is 137 Å². The van der Waals surface area contributed by atoms with Crippen LogP contribution < -0.4 is 0 Å². The molecule has 0 radical (unpaired) electrons. The molecule has 3 atom stereocenters. The zero-order valence-corrected chi connectivity index (χ0v) is 22.5. The summed E-state index contributed by atoms with van der Waals surface area (Å²) in [5.41, 5.74) is 1.43. The third-order valence-corrected chi connectivity index (χ3v) is 11.0. The van der Waals surface area contributed by atoms with Crippen molar-refractivity contribution in [3.05, 3.63) is 34.9 Å². The predicted octanol–water partition coefficient (Wildman–Crippen LogP) is 2.71. The summed E-state index contributed by atoms with van der Waals surface area (Å²) in [6.45, 7) is 4.42. The minimum atomic E-state index is -3.78. The fraction of sp³-hybridized carbons (Fsp3) is 0.667. The maximum Gasteiger partial charge on any atom is 0.410 e. The number of aryl methyl sites for hydroxylation is 1. The van der Waals surface area contributed by atoms with Crippen molar-refractivity contribution in [2.75, 3.05) is 45.1 Å². The van der Waals surface area contributed by atoms with E-state index in [1.54, 1.807) is 11.0 Å². The number of benzene rings is 1. The van der Waals surface area contributed by atoms with Gasteiger partial charge in [-0.1, -0.05) is 6.07 Å². The highest BCUT2D eigenvalue weighted by atomic mass is 32.2. The summed E-state index contributed by atoms with van der Waals surface area (Å²) in [6.07, 6.45) is 1.82. The zero-order valence-electron chi connectivity index (χ0n) is 21.7. The lowest BCUT2D eigenvalue weighted by atomic mass is 9.87. The van der Waals surface area contributed by atoms with Gasteiger partial charge in [0, 0.05) is 32.6 Å². The minimum Gasteiger partial charge on any atom is -0.481 e. The SMILES string of the molecule is Cc1cc(C#N)ccc1C1CCN(S(=O)(=O)CC2(C(=O)O)C[C@H]3CN(C(=O)O[C@H]4CCOC4)C[C@@H]3C2)CC1. The van der Waals surface area contributed by atoms with E-state index in [4.69, 9.17) is 14.7 Å². The molecule has 1 aromatic rings. The van der Waals surface area contributed by atoms with Gasteiger partial charge in [0.2, 0.25) is 10.0 Å². The lowest BCUT2D eigenvalue weighted by Gasteiger charge is -2.35. The van der Waals surface area contributed by atoms with E-state index >= 15 is 0 Å². The molecule has 0 bridgehead atoms. The molecule has 0 spiro atoms. The van der Waals surface area contributed by atoms with Crippen molar-refractivity contribution in [3.63, 3.8) is 0 Å². The molecule has 3 saturated heterocycles. The van der Waals surface area contributed by atoms with E-state index in [2.05, 4.69) is 6.07 Å². The highest BCUT2D eigenvalue weighted by molar-refractivity contribution is 7.89. The zero-order chi connectivity index (χ0) is 27.1. The molecule has 1 saturated carbocycles.